The number of aliphatic hydroxyl groups excluding tert-OH is 3. The quantitative estimate of drug-likeness (QED) is 0.655. The van der Waals surface area contributed by atoms with Crippen LogP contribution in [-0.4, -0.2) is 31.7 Å². The van der Waals surface area contributed by atoms with Crippen molar-refractivity contribution < 1.29 is 25.2 Å². The second kappa shape index (κ2) is 5.89. The van der Waals surface area contributed by atoms with Gasteiger partial charge in [0.25, 0.3) is 6.23 Å². The molecule has 2 unspecified atom stereocenters. The van der Waals surface area contributed by atoms with Gasteiger partial charge in [-0.25, -0.2) is 5.21 Å². The lowest BCUT2D eigenvalue weighted by Crippen LogP contribution is -2.49. The van der Waals surface area contributed by atoms with Gasteiger partial charge in [-0.3, -0.25) is 0 Å². The molecule has 0 radical (unpaired) electrons. The second-order valence-corrected chi connectivity index (χ2v) is 5.46. The lowest BCUT2D eigenvalue weighted by molar-refractivity contribution is -1.12. The van der Waals surface area contributed by atoms with Crippen LogP contribution in [-0.2, 0) is 0 Å². The Hall–Kier alpha value is -2.60. The summed E-state index contributed by atoms with van der Waals surface area (Å²) in [4.78, 5) is 0. The third kappa shape index (κ3) is 2.61. The fraction of sp³-hybridized carbons (Fsp3) is 0.111. The Balaban J connectivity index is 1.92. The van der Waals surface area contributed by atoms with Crippen LogP contribution >= 0.6 is 0 Å². The molecule has 0 saturated carbocycles. The van der Waals surface area contributed by atoms with Gasteiger partial charge in [0.05, 0.1) is 5.56 Å². The minimum Gasteiger partial charge on any atom is -0.500 e. The first-order valence-corrected chi connectivity index (χ1v) is 7.26. The Bertz CT molecular complexity index is 770. The smallest absolute Gasteiger partial charge is 0.368 e. The first-order valence-electron chi connectivity index (χ1n) is 7.26. The van der Waals surface area contributed by atoms with Crippen LogP contribution in [0.4, 0.5) is 0 Å². The predicted molar refractivity (Wildman–Crippen MR) is 86.0 cm³/mol. The van der Waals surface area contributed by atoms with Gasteiger partial charge in [-0.2, -0.15) is 0 Å². The van der Waals surface area contributed by atoms with Crippen molar-refractivity contribution in [3.63, 3.8) is 0 Å². The van der Waals surface area contributed by atoms with Crippen LogP contribution in [0.3, 0.4) is 0 Å². The summed E-state index contributed by atoms with van der Waals surface area (Å²) in [6.07, 6.45) is 2.02. The second-order valence-electron chi connectivity index (χ2n) is 5.46. The van der Waals surface area contributed by atoms with E-state index >= 15 is 0 Å². The van der Waals surface area contributed by atoms with E-state index in [0.29, 0.717) is 11.1 Å². The van der Waals surface area contributed by atoms with Gasteiger partial charge in [0.1, 0.15) is 6.54 Å². The normalized spacial score (nSPS) is 24.0. The van der Waals surface area contributed by atoms with Gasteiger partial charge in [0.15, 0.2) is 0 Å². The van der Waals surface area contributed by atoms with Crippen molar-refractivity contribution in [1.29, 1.82) is 0 Å². The maximum Gasteiger partial charge on any atom is 0.368 e. The molecule has 0 spiro atoms. The van der Waals surface area contributed by atoms with Crippen molar-refractivity contribution >= 4 is 11.8 Å². The van der Waals surface area contributed by atoms with E-state index in [1.165, 1.54) is 0 Å². The molecule has 0 aromatic heterocycles. The van der Waals surface area contributed by atoms with Gasteiger partial charge < -0.3 is 15.3 Å². The number of nitrogens with zero attached hydrogens (tertiary/aromatic N) is 1. The van der Waals surface area contributed by atoms with Crippen molar-refractivity contribution in [2.75, 3.05) is 6.54 Å². The molecule has 4 N–H and O–H groups in total. The summed E-state index contributed by atoms with van der Waals surface area (Å²) >= 11 is 0. The van der Waals surface area contributed by atoms with Gasteiger partial charge in [0, 0.05) is 5.56 Å². The van der Waals surface area contributed by atoms with Gasteiger partial charge in [-0.15, -0.1) is 0 Å². The summed E-state index contributed by atoms with van der Waals surface area (Å²) in [5.74, 6) is -1.10. The predicted octanol–water partition coefficient (Wildman–Crippen LogP) is 3.35. The zero-order valence-electron chi connectivity index (χ0n) is 12.4. The van der Waals surface area contributed by atoms with Crippen molar-refractivity contribution in [2.24, 2.45) is 0 Å². The maximum atomic E-state index is 10.7. The number of quaternary nitrogens is 1. The topological polar surface area (TPSA) is 80.9 Å². The molecule has 0 aliphatic carbocycles. The lowest BCUT2D eigenvalue weighted by atomic mass is 10.00. The number of benzene rings is 2. The Morgan fingerprint density at radius 3 is 2.35 bits per heavy atom. The Morgan fingerprint density at radius 2 is 1.61 bits per heavy atom. The molecule has 118 valence electrons. The number of hydroxylamine groups is 3. The summed E-state index contributed by atoms with van der Waals surface area (Å²) in [5, 5.41) is 41.4. The highest BCUT2D eigenvalue weighted by molar-refractivity contribution is 5.64. The van der Waals surface area contributed by atoms with Gasteiger partial charge in [0.2, 0.25) is 5.76 Å². The van der Waals surface area contributed by atoms with E-state index in [1.807, 2.05) is 30.3 Å². The molecular weight excluding hydrogens is 294 g/mol. The zero-order chi connectivity index (χ0) is 16.4. The molecule has 5 nitrogen and oxygen atoms in total. The van der Waals surface area contributed by atoms with Gasteiger partial charge in [-0.05, 0) is 17.7 Å². The molecule has 3 rings (SSSR count). The van der Waals surface area contributed by atoms with Crippen LogP contribution in [0.1, 0.15) is 22.9 Å². The van der Waals surface area contributed by atoms with Crippen LogP contribution < -0.4 is 0 Å². The van der Waals surface area contributed by atoms with Gasteiger partial charge >= 0.3 is 5.88 Å². The van der Waals surface area contributed by atoms with E-state index in [2.05, 4.69) is 0 Å². The molecule has 1 heterocycles. The number of rotatable bonds is 3. The fourth-order valence-corrected chi connectivity index (χ4v) is 2.69. The van der Waals surface area contributed by atoms with E-state index in [0.717, 1.165) is 5.56 Å². The lowest BCUT2D eigenvalue weighted by Gasteiger charge is -2.35. The molecule has 5 heteroatoms. The summed E-state index contributed by atoms with van der Waals surface area (Å²) in [6.45, 7) is -0.0969. The molecule has 23 heavy (non-hydrogen) atoms. The Morgan fingerprint density at radius 1 is 0.957 bits per heavy atom. The third-order valence-corrected chi connectivity index (χ3v) is 3.97. The molecule has 0 amide bonds. The molecule has 0 saturated heterocycles. The molecule has 0 bridgehead atoms. The molecule has 0 fully saturated rings. The highest BCUT2D eigenvalue weighted by Crippen LogP contribution is 2.39. The van der Waals surface area contributed by atoms with E-state index in [-0.39, 0.29) is 6.54 Å². The largest absolute Gasteiger partial charge is 0.500 e. The van der Waals surface area contributed by atoms with Crippen molar-refractivity contribution in [3.8, 4) is 0 Å². The van der Waals surface area contributed by atoms with Crippen LogP contribution in [0.25, 0.3) is 11.8 Å². The van der Waals surface area contributed by atoms with Crippen molar-refractivity contribution in [3.05, 3.63) is 83.2 Å². The van der Waals surface area contributed by atoms with Crippen LogP contribution in [0.15, 0.2) is 66.6 Å². The summed E-state index contributed by atoms with van der Waals surface area (Å²) < 4.78 is -1.19. The van der Waals surface area contributed by atoms with Crippen LogP contribution in [0, 0.1) is 0 Å². The highest BCUT2D eigenvalue weighted by Gasteiger charge is 2.48. The molecule has 1 aliphatic heterocycles. The molecule has 2 aromatic rings. The first-order chi connectivity index (χ1) is 11.0. The minimum atomic E-state index is -1.39. The average Bonchev–Trinajstić information content (AvgIpc) is 2.59. The summed E-state index contributed by atoms with van der Waals surface area (Å²) in [5.41, 5.74) is 1.60. The number of aliphatic hydroxyl groups is 3. The first kappa shape index (κ1) is 15.3. The number of hydrogen-bond acceptors (Lipinski definition) is 4. The van der Waals surface area contributed by atoms with E-state index in [4.69, 9.17) is 0 Å². The van der Waals surface area contributed by atoms with Crippen molar-refractivity contribution in [2.45, 2.75) is 6.23 Å². The van der Waals surface area contributed by atoms with Crippen LogP contribution in [0.2, 0.25) is 0 Å². The minimum absolute atomic E-state index is 0.0969. The molecule has 2 aromatic carbocycles. The molecule has 2 atom stereocenters. The Kier molecular flexibility index (Phi) is 3.92. The SMILES string of the molecule is OC1=C(O)[N+](O)(CC=Cc2ccccc2)C(O)c2ccccc21. The van der Waals surface area contributed by atoms with Crippen LogP contribution in [0.5, 0.6) is 0 Å². The average molecular weight is 312 g/mol. The zero-order valence-corrected chi connectivity index (χ0v) is 12.4. The van der Waals surface area contributed by atoms with E-state index < -0.39 is 22.5 Å². The highest BCUT2D eigenvalue weighted by atomic mass is 16.6. The summed E-state index contributed by atoms with van der Waals surface area (Å²) in [7, 11) is 0. The standard InChI is InChI=1S/C18H17NO4/c20-16-14-10-4-5-11-15(14)17(21)19(23,18(16)22)12-6-9-13-7-2-1-3-8-13/h1-11,17,21,23H,12H2,(H-,20,22)/p+1. The fourth-order valence-electron chi connectivity index (χ4n) is 2.69. The summed E-state index contributed by atoms with van der Waals surface area (Å²) in [6, 6.07) is 16.0. The monoisotopic (exact) mass is 312 g/mol. The van der Waals surface area contributed by atoms with E-state index in [9.17, 15) is 20.5 Å². The number of hydrogen-bond donors (Lipinski definition) is 4. The third-order valence-electron chi connectivity index (χ3n) is 3.97. The maximum absolute atomic E-state index is 10.7. The Labute approximate surface area is 133 Å². The molecule has 1 aliphatic rings. The number of fused-ring (bicyclic) bond motifs is 1. The van der Waals surface area contributed by atoms with Crippen molar-refractivity contribution in [1.82, 2.24) is 0 Å². The van der Waals surface area contributed by atoms with Gasteiger partial charge in [-0.1, -0.05) is 59.3 Å². The molecular formula is C18H18NO4+. The van der Waals surface area contributed by atoms with E-state index in [1.54, 1.807) is 36.4 Å².